The molecule has 0 aliphatic heterocycles. The number of imidazole rings is 1. The molecule has 0 unspecified atom stereocenters. The molecule has 0 N–H and O–H groups in total. The largest absolute Gasteiger partial charge is 0.350 e. The van der Waals surface area contributed by atoms with Crippen LogP contribution < -0.4 is 0 Å². The van der Waals surface area contributed by atoms with Crippen LogP contribution in [0.5, 0.6) is 0 Å². The molecule has 3 rings (SSSR count). The third-order valence-electron chi connectivity index (χ3n) is 2.96. The van der Waals surface area contributed by atoms with Crippen LogP contribution in [0.2, 0.25) is 0 Å². The van der Waals surface area contributed by atoms with E-state index in [0.29, 0.717) is 0 Å². The average Bonchev–Trinajstić information content (AvgIpc) is 2.84. The first-order valence-electron chi connectivity index (χ1n) is 5.29. The SMILES string of the molecule is Cn1ccnc1-c1cn(C)c2ccccc12. The number of para-hydroxylation sites is 1. The fourth-order valence-corrected chi connectivity index (χ4v) is 2.15. The fourth-order valence-electron chi connectivity index (χ4n) is 2.15. The van der Waals surface area contributed by atoms with Gasteiger partial charge in [0.2, 0.25) is 0 Å². The molecule has 0 atom stereocenters. The van der Waals surface area contributed by atoms with Crippen LogP contribution >= 0.6 is 0 Å². The van der Waals surface area contributed by atoms with Crippen molar-refractivity contribution in [2.75, 3.05) is 0 Å². The summed E-state index contributed by atoms with van der Waals surface area (Å²) in [5.41, 5.74) is 2.42. The molecular weight excluding hydrogens is 198 g/mol. The highest BCUT2D eigenvalue weighted by Gasteiger charge is 2.10. The molecule has 0 spiro atoms. The Morgan fingerprint density at radius 1 is 1.06 bits per heavy atom. The van der Waals surface area contributed by atoms with Gasteiger partial charge in [0.15, 0.2) is 0 Å². The van der Waals surface area contributed by atoms with Gasteiger partial charge in [-0.1, -0.05) is 18.2 Å². The number of rotatable bonds is 1. The van der Waals surface area contributed by atoms with Crippen LogP contribution in [0.4, 0.5) is 0 Å². The smallest absolute Gasteiger partial charge is 0.141 e. The number of benzene rings is 1. The van der Waals surface area contributed by atoms with Gasteiger partial charge in [-0.05, 0) is 6.07 Å². The van der Waals surface area contributed by atoms with Crippen molar-refractivity contribution in [3.63, 3.8) is 0 Å². The van der Waals surface area contributed by atoms with Gasteiger partial charge < -0.3 is 9.13 Å². The maximum absolute atomic E-state index is 4.40. The number of aryl methyl sites for hydroxylation is 2. The molecule has 0 saturated heterocycles. The summed E-state index contributed by atoms with van der Waals surface area (Å²) in [6, 6.07) is 8.39. The predicted octanol–water partition coefficient (Wildman–Crippen LogP) is 2.58. The summed E-state index contributed by atoms with van der Waals surface area (Å²) >= 11 is 0. The maximum Gasteiger partial charge on any atom is 0.141 e. The van der Waals surface area contributed by atoms with E-state index in [0.717, 1.165) is 5.82 Å². The third-order valence-corrected chi connectivity index (χ3v) is 2.96. The predicted molar refractivity (Wildman–Crippen MR) is 65.1 cm³/mol. The number of hydrogen-bond donors (Lipinski definition) is 0. The van der Waals surface area contributed by atoms with E-state index in [1.807, 2.05) is 24.0 Å². The first-order valence-corrected chi connectivity index (χ1v) is 5.29. The minimum absolute atomic E-state index is 1.01. The maximum atomic E-state index is 4.40. The van der Waals surface area contributed by atoms with Crippen molar-refractivity contribution in [3.8, 4) is 11.4 Å². The molecule has 3 aromatic rings. The molecule has 1 aromatic carbocycles. The van der Waals surface area contributed by atoms with Crippen molar-refractivity contribution in [3.05, 3.63) is 42.9 Å². The van der Waals surface area contributed by atoms with E-state index in [4.69, 9.17) is 0 Å². The third kappa shape index (κ3) is 1.18. The monoisotopic (exact) mass is 211 g/mol. The van der Waals surface area contributed by atoms with Gasteiger partial charge in [0.25, 0.3) is 0 Å². The zero-order chi connectivity index (χ0) is 11.1. The van der Waals surface area contributed by atoms with Crippen LogP contribution in [0.25, 0.3) is 22.3 Å². The average molecular weight is 211 g/mol. The Labute approximate surface area is 94.0 Å². The normalized spacial score (nSPS) is 11.1. The molecule has 2 heterocycles. The van der Waals surface area contributed by atoms with Crippen molar-refractivity contribution in [1.82, 2.24) is 14.1 Å². The molecule has 2 aromatic heterocycles. The van der Waals surface area contributed by atoms with Gasteiger partial charge in [0.05, 0.1) is 0 Å². The van der Waals surface area contributed by atoms with Gasteiger partial charge in [0, 0.05) is 49.2 Å². The lowest BCUT2D eigenvalue weighted by Gasteiger charge is -1.98. The van der Waals surface area contributed by atoms with Crippen LogP contribution in [0.1, 0.15) is 0 Å². The Kier molecular flexibility index (Phi) is 1.86. The topological polar surface area (TPSA) is 22.8 Å². The molecule has 0 saturated carbocycles. The number of hydrogen-bond acceptors (Lipinski definition) is 1. The van der Waals surface area contributed by atoms with E-state index in [-0.39, 0.29) is 0 Å². The van der Waals surface area contributed by atoms with E-state index in [1.54, 1.807) is 0 Å². The minimum atomic E-state index is 1.01. The van der Waals surface area contributed by atoms with E-state index in [1.165, 1.54) is 16.5 Å². The van der Waals surface area contributed by atoms with Crippen LogP contribution in [0, 0.1) is 0 Å². The van der Waals surface area contributed by atoms with Gasteiger partial charge in [-0.25, -0.2) is 4.98 Å². The molecule has 80 valence electrons. The van der Waals surface area contributed by atoms with Crippen molar-refractivity contribution < 1.29 is 0 Å². The van der Waals surface area contributed by atoms with E-state index in [9.17, 15) is 0 Å². The Balaban J connectivity index is 2.37. The lowest BCUT2D eigenvalue weighted by atomic mass is 10.1. The van der Waals surface area contributed by atoms with E-state index in [2.05, 4.69) is 47.1 Å². The van der Waals surface area contributed by atoms with E-state index >= 15 is 0 Å². The summed E-state index contributed by atoms with van der Waals surface area (Å²) in [6.07, 6.45) is 5.93. The quantitative estimate of drug-likeness (QED) is 0.606. The summed E-state index contributed by atoms with van der Waals surface area (Å²) in [7, 11) is 4.08. The lowest BCUT2D eigenvalue weighted by Crippen LogP contribution is -1.90. The standard InChI is InChI=1S/C13H13N3/c1-15-8-7-14-13(15)11-9-16(2)12-6-4-3-5-10(11)12/h3-9H,1-2H3. The van der Waals surface area contributed by atoms with Crippen LogP contribution in [0.15, 0.2) is 42.9 Å². The van der Waals surface area contributed by atoms with Crippen molar-refractivity contribution in [1.29, 1.82) is 0 Å². The lowest BCUT2D eigenvalue weighted by molar-refractivity contribution is 0.920. The second kappa shape index (κ2) is 3.23. The van der Waals surface area contributed by atoms with Crippen molar-refractivity contribution in [2.45, 2.75) is 0 Å². The Morgan fingerprint density at radius 3 is 2.62 bits per heavy atom. The van der Waals surface area contributed by atoms with E-state index < -0.39 is 0 Å². The highest BCUT2D eigenvalue weighted by Crippen LogP contribution is 2.28. The molecule has 0 radical (unpaired) electrons. The zero-order valence-electron chi connectivity index (χ0n) is 9.38. The van der Waals surface area contributed by atoms with Crippen molar-refractivity contribution in [2.24, 2.45) is 14.1 Å². The highest BCUT2D eigenvalue weighted by atomic mass is 15.0. The summed E-state index contributed by atoms with van der Waals surface area (Å²) in [6.45, 7) is 0. The van der Waals surface area contributed by atoms with Gasteiger partial charge in [0.1, 0.15) is 5.82 Å². The molecule has 0 bridgehead atoms. The fraction of sp³-hybridized carbons (Fsp3) is 0.154. The zero-order valence-corrected chi connectivity index (χ0v) is 9.38. The number of fused-ring (bicyclic) bond motifs is 1. The number of aromatic nitrogens is 3. The molecule has 0 fully saturated rings. The number of nitrogens with zero attached hydrogens (tertiary/aromatic N) is 3. The molecule has 16 heavy (non-hydrogen) atoms. The first kappa shape index (κ1) is 9.21. The summed E-state index contributed by atoms with van der Waals surface area (Å²) in [4.78, 5) is 4.40. The summed E-state index contributed by atoms with van der Waals surface area (Å²) in [5, 5.41) is 1.25. The van der Waals surface area contributed by atoms with Gasteiger partial charge in [-0.15, -0.1) is 0 Å². The highest BCUT2D eigenvalue weighted by molar-refractivity contribution is 5.94. The first-order chi connectivity index (χ1) is 7.77. The second-order valence-electron chi connectivity index (χ2n) is 4.03. The molecular formula is C13H13N3. The summed E-state index contributed by atoms with van der Waals surface area (Å²) < 4.78 is 4.18. The molecule has 3 heteroatoms. The molecule has 0 aliphatic carbocycles. The molecule has 0 amide bonds. The molecule has 0 aliphatic rings. The van der Waals surface area contributed by atoms with Crippen LogP contribution in [0.3, 0.4) is 0 Å². The van der Waals surface area contributed by atoms with Gasteiger partial charge in [-0.2, -0.15) is 0 Å². The van der Waals surface area contributed by atoms with Crippen molar-refractivity contribution >= 4 is 10.9 Å². The summed E-state index contributed by atoms with van der Waals surface area (Å²) in [5.74, 6) is 1.01. The van der Waals surface area contributed by atoms with Gasteiger partial charge in [-0.3, -0.25) is 0 Å². The minimum Gasteiger partial charge on any atom is -0.350 e. The Morgan fingerprint density at radius 2 is 1.88 bits per heavy atom. The van der Waals surface area contributed by atoms with Crippen LogP contribution in [-0.4, -0.2) is 14.1 Å². The van der Waals surface area contributed by atoms with Crippen LogP contribution in [-0.2, 0) is 14.1 Å². The second-order valence-corrected chi connectivity index (χ2v) is 4.03. The Hall–Kier alpha value is -2.03. The molecule has 3 nitrogen and oxygen atoms in total. The Bertz CT molecular complexity index is 646. The van der Waals surface area contributed by atoms with Gasteiger partial charge >= 0.3 is 0 Å².